The number of anilines is 2. The molecule has 2 N–H and O–H groups in total. The first-order chi connectivity index (χ1) is 14.2. The topological polar surface area (TPSA) is 92.2 Å². The summed E-state index contributed by atoms with van der Waals surface area (Å²) in [5.74, 6) is -0.126. The summed E-state index contributed by atoms with van der Waals surface area (Å²) < 4.78 is 1.75. The zero-order chi connectivity index (χ0) is 20.1. The van der Waals surface area contributed by atoms with Crippen molar-refractivity contribution in [2.75, 3.05) is 16.8 Å². The molecule has 1 aliphatic rings. The molecule has 8 heteroatoms. The Bertz CT molecular complexity index is 973. The van der Waals surface area contributed by atoms with Gasteiger partial charge in [-0.25, -0.2) is 4.79 Å². The first-order valence-corrected chi connectivity index (χ1v) is 9.54. The quantitative estimate of drug-likeness (QED) is 0.701. The number of urea groups is 1. The van der Waals surface area contributed by atoms with Crippen LogP contribution >= 0.6 is 0 Å². The Hall–Kier alpha value is -3.68. The van der Waals surface area contributed by atoms with Crippen molar-refractivity contribution in [1.82, 2.24) is 20.1 Å². The molecule has 1 aliphatic heterocycles. The van der Waals surface area contributed by atoms with E-state index in [1.54, 1.807) is 40.4 Å². The molecule has 0 saturated carbocycles. The number of nitrogens with zero attached hydrogens (tertiary/aromatic N) is 4. The second kappa shape index (κ2) is 8.55. The number of pyridine rings is 1. The normalized spacial score (nSPS) is 16.5. The molecule has 0 spiro atoms. The highest BCUT2D eigenvalue weighted by Gasteiger charge is 2.30. The molecule has 0 aliphatic carbocycles. The molecule has 4 rings (SSSR count). The summed E-state index contributed by atoms with van der Waals surface area (Å²) in [7, 11) is 0. The predicted octanol–water partition coefficient (Wildman–Crippen LogP) is 2.64. The van der Waals surface area contributed by atoms with E-state index in [9.17, 15) is 9.59 Å². The molecule has 148 valence electrons. The Balaban J connectivity index is 1.34. The van der Waals surface area contributed by atoms with Gasteiger partial charge in [0.25, 0.3) is 0 Å². The number of benzene rings is 1. The molecule has 1 saturated heterocycles. The van der Waals surface area contributed by atoms with Gasteiger partial charge in [0.1, 0.15) is 6.04 Å². The summed E-state index contributed by atoms with van der Waals surface area (Å²) in [5.41, 5.74) is 2.44. The molecule has 1 unspecified atom stereocenters. The van der Waals surface area contributed by atoms with Crippen molar-refractivity contribution < 1.29 is 9.59 Å². The maximum absolute atomic E-state index is 12.8. The summed E-state index contributed by atoms with van der Waals surface area (Å²) in [5, 5.41) is 9.80. The number of piperidine rings is 1. The highest BCUT2D eigenvalue weighted by Crippen LogP contribution is 2.20. The maximum Gasteiger partial charge on any atom is 0.319 e. The van der Waals surface area contributed by atoms with Gasteiger partial charge in [0.2, 0.25) is 5.91 Å². The van der Waals surface area contributed by atoms with Gasteiger partial charge < -0.3 is 15.5 Å². The van der Waals surface area contributed by atoms with E-state index in [-0.39, 0.29) is 5.91 Å². The molecule has 1 atom stereocenters. The third kappa shape index (κ3) is 4.60. The minimum Gasteiger partial charge on any atom is -0.326 e. The minimum absolute atomic E-state index is 0.126. The van der Waals surface area contributed by atoms with Crippen LogP contribution in [0.4, 0.5) is 16.2 Å². The van der Waals surface area contributed by atoms with Crippen molar-refractivity contribution >= 4 is 23.3 Å². The average Bonchev–Trinajstić information content (AvgIpc) is 3.17. The van der Waals surface area contributed by atoms with E-state index in [4.69, 9.17) is 0 Å². The van der Waals surface area contributed by atoms with Gasteiger partial charge in [-0.1, -0.05) is 30.3 Å². The maximum atomic E-state index is 12.8. The van der Waals surface area contributed by atoms with E-state index in [1.807, 2.05) is 36.4 Å². The monoisotopic (exact) mass is 390 g/mol. The summed E-state index contributed by atoms with van der Waals surface area (Å²) in [4.78, 5) is 30.9. The highest BCUT2D eigenvalue weighted by molar-refractivity contribution is 6.01. The summed E-state index contributed by atoms with van der Waals surface area (Å²) in [6.07, 6.45) is 8.09. The van der Waals surface area contributed by atoms with Crippen LogP contribution in [0.1, 0.15) is 18.4 Å². The average molecular weight is 390 g/mol. The number of carbonyl (C=O) groups excluding carboxylic acids is 2. The summed E-state index contributed by atoms with van der Waals surface area (Å²) in [6.45, 7) is 1.24. The number of hydrogen-bond acceptors (Lipinski definition) is 4. The Morgan fingerprint density at radius 2 is 2.00 bits per heavy atom. The van der Waals surface area contributed by atoms with Gasteiger partial charge in [-0.2, -0.15) is 5.10 Å². The first-order valence-electron chi connectivity index (χ1n) is 9.54. The zero-order valence-corrected chi connectivity index (χ0v) is 15.9. The van der Waals surface area contributed by atoms with E-state index in [0.29, 0.717) is 25.2 Å². The second-order valence-corrected chi connectivity index (χ2v) is 6.91. The number of rotatable bonds is 5. The number of nitrogens with one attached hydrogen (secondary N) is 2. The van der Waals surface area contributed by atoms with Gasteiger partial charge in [-0.05, 0) is 30.5 Å². The third-order valence-electron chi connectivity index (χ3n) is 4.78. The number of amides is 3. The van der Waals surface area contributed by atoms with Crippen molar-refractivity contribution in [3.8, 4) is 0 Å². The molecule has 29 heavy (non-hydrogen) atoms. The molecule has 3 heterocycles. The van der Waals surface area contributed by atoms with Crippen LogP contribution < -0.4 is 15.5 Å². The van der Waals surface area contributed by atoms with E-state index in [1.165, 1.54) is 0 Å². The van der Waals surface area contributed by atoms with Gasteiger partial charge in [0.05, 0.1) is 30.3 Å². The van der Waals surface area contributed by atoms with Gasteiger partial charge in [0, 0.05) is 18.9 Å². The van der Waals surface area contributed by atoms with E-state index in [2.05, 4.69) is 20.7 Å². The molecule has 0 bridgehead atoms. The Morgan fingerprint density at radius 1 is 1.14 bits per heavy atom. The van der Waals surface area contributed by atoms with Gasteiger partial charge in [-0.15, -0.1) is 0 Å². The molecular formula is C21H22N6O2. The lowest BCUT2D eigenvalue weighted by atomic mass is 10.0. The Morgan fingerprint density at radius 3 is 2.79 bits per heavy atom. The lowest BCUT2D eigenvalue weighted by Gasteiger charge is -2.32. The zero-order valence-electron chi connectivity index (χ0n) is 15.9. The SMILES string of the molecule is O=C(Nc1cnn(Cc2ccccc2)c1)NC1CCCN(c2cccnc2)C1=O. The van der Waals surface area contributed by atoms with Crippen LogP contribution in [-0.4, -0.2) is 39.3 Å². The van der Waals surface area contributed by atoms with Crippen LogP contribution in [0.15, 0.2) is 67.3 Å². The molecule has 2 aromatic heterocycles. The summed E-state index contributed by atoms with van der Waals surface area (Å²) >= 11 is 0. The van der Waals surface area contributed by atoms with Crippen LogP contribution in [0.2, 0.25) is 0 Å². The van der Waals surface area contributed by atoms with Crippen molar-refractivity contribution in [2.45, 2.75) is 25.4 Å². The van der Waals surface area contributed by atoms with Crippen LogP contribution in [0.25, 0.3) is 0 Å². The van der Waals surface area contributed by atoms with Crippen LogP contribution in [0.5, 0.6) is 0 Å². The Labute approximate surface area is 168 Å². The molecule has 8 nitrogen and oxygen atoms in total. The van der Waals surface area contributed by atoms with Crippen LogP contribution in [0, 0.1) is 0 Å². The smallest absolute Gasteiger partial charge is 0.319 e. The molecule has 3 amide bonds. The van der Waals surface area contributed by atoms with Gasteiger partial charge >= 0.3 is 6.03 Å². The predicted molar refractivity (Wildman–Crippen MR) is 110 cm³/mol. The highest BCUT2D eigenvalue weighted by atomic mass is 16.2. The second-order valence-electron chi connectivity index (χ2n) is 6.91. The molecular weight excluding hydrogens is 368 g/mol. The van der Waals surface area contributed by atoms with Gasteiger partial charge in [-0.3, -0.25) is 14.5 Å². The lowest BCUT2D eigenvalue weighted by molar-refractivity contribution is -0.121. The van der Waals surface area contributed by atoms with Gasteiger partial charge in [0.15, 0.2) is 0 Å². The summed E-state index contributed by atoms with van der Waals surface area (Å²) in [6, 6.07) is 12.6. The van der Waals surface area contributed by atoms with Crippen molar-refractivity contribution in [2.24, 2.45) is 0 Å². The fraction of sp³-hybridized carbons (Fsp3) is 0.238. The first kappa shape index (κ1) is 18.7. The largest absolute Gasteiger partial charge is 0.326 e. The van der Waals surface area contributed by atoms with Crippen molar-refractivity contribution in [3.05, 3.63) is 72.8 Å². The molecule has 3 aromatic rings. The molecule has 1 fully saturated rings. The number of carbonyl (C=O) groups is 2. The van der Waals surface area contributed by atoms with E-state index < -0.39 is 12.1 Å². The third-order valence-corrected chi connectivity index (χ3v) is 4.78. The number of hydrogen-bond donors (Lipinski definition) is 2. The van der Waals surface area contributed by atoms with E-state index >= 15 is 0 Å². The standard InChI is InChI=1S/C21H22N6O2/c28-20-19(9-5-11-27(20)18-8-4-10-22-13-18)25-21(29)24-17-12-23-26(15-17)14-16-6-2-1-3-7-16/h1-4,6-8,10,12-13,15,19H,5,9,11,14H2,(H2,24,25,29). The molecule has 1 aromatic carbocycles. The Kier molecular flexibility index (Phi) is 5.51. The lowest BCUT2D eigenvalue weighted by Crippen LogP contribution is -2.53. The minimum atomic E-state index is -0.566. The van der Waals surface area contributed by atoms with E-state index in [0.717, 1.165) is 17.7 Å². The van der Waals surface area contributed by atoms with Crippen LogP contribution in [-0.2, 0) is 11.3 Å². The van der Waals surface area contributed by atoms with Crippen molar-refractivity contribution in [1.29, 1.82) is 0 Å². The fourth-order valence-corrected chi connectivity index (χ4v) is 3.39. The fourth-order valence-electron chi connectivity index (χ4n) is 3.39. The van der Waals surface area contributed by atoms with Crippen LogP contribution in [0.3, 0.4) is 0 Å². The number of aromatic nitrogens is 3. The molecule has 0 radical (unpaired) electrons. The van der Waals surface area contributed by atoms with Crippen molar-refractivity contribution in [3.63, 3.8) is 0 Å².